The monoisotopic (exact) mass is 396 g/mol. The second-order valence-electron chi connectivity index (χ2n) is 6.83. The van der Waals surface area contributed by atoms with Gasteiger partial charge in [0.1, 0.15) is 0 Å². The standard InChI is InChI=1S/C24H28O5/c1-4-28-23(26)21(24(27)29-5-2)16-20(18-12-8-6-9-13-18)17(3)22(25)19-14-10-7-11-15-19/h6-15,17,20-21H,4-5,16H2,1-3H3. The van der Waals surface area contributed by atoms with Crippen LogP contribution in [0, 0.1) is 11.8 Å². The van der Waals surface area contributed by atoms with Crippen LogP contribution in [0.3, 0.4) is 0 Å². The van der Waals surface area contributed by atoms with Crippen LogP contribution in [-0.4, -0.2) is 30.9 Å². The number of hydrogen-bond donors (Lipinski definition) is 0. The summed E-state index contributed by atoms with van der Waals surface area (Å²) < 4.78 is 10.2. The van der Waals surface area contributed by atoms with Gasteiger partial charge in [0.15, 0.2) is 11.7 Å². The lowest BCUT2D eigenvalue weighted by Crippen LogP contribution is -2.32. The quantitative estimate of drug-likeness (QED) is 0.338. The molecule has 0 heterocycles. The highest BCUT2D eigenvalue weighted by Gasteiger charge is 2.36. The first kappa shape index (κ1) is 22.3. The van der Waals surface area contributed by atoms with Gasteiger partial charge < -0.3 is 9.47 Å². The molecule has 0 bridgehead atoms. The van der Waals surface area contributed by atoms with Crippen molar-refractivity contribution in [2.45, 2.75) is 33.1 Å². The average Bonchev–Trinajstić information content (AvgIpc) is 2.75. The first-order valence-electron chi connectivity index (χ1n) is 9.97. The number of carbonyl (C=O) groups is 3. The molecule has 0 N–H and O–H groups in total. The third-order valence-electron chi connectivity index (χ3n) is 4.94. The minimum absolute atomic E-state index is 0.0362. The maximum atomic E-state index is 13.1. The Balaban J connectivity index is 2.37. The van der Waals surface area contributed by atoms with Crippen LogP contribution in [0.25, 0.3) is 0 Å². The zero-order chi connectivity index (χ0) is 21.2. The van der Waals surface area contributed by atoms with E-state index in [1.165, 1.54) is 0 Å². The molecule has 2 rings (SSSR count). The maximum Gasteiger partial charge on any atom is 0.320 e. The van der Waals surface area contributed by atoms with Crippen LogP contribution in [0.15, 0.2) is 60.7 Å². The number of esters is 2. The van der Waals surface area contributed by atoms with E-state index in [2.05, 4.69) is 0 Å². The Labute approximate surface area is 172 Å². The van der Waals surface area contributed by atoms with Crippen LogP contribution >= 0.6 is 0 Å². The van der Waals surface area contributed by atoms with E-state index < -0.39 is 23.8 Å². The lowest BCUT2D eigenvalue weighted by Gasteiger charge is -2.26. The van der Waals surface area contributed by atoms with E-state index in [9.17, 15) is 14.4 Å². The van der Waals surface area contributed by atoms with Crippen LogP contribution in [0.4, 0.5) is 0 Å². The topological polar surface area (TPSA) is 69.7 Å². The summed E-state index contributed by atoms with van der Waals surface area (Å²) in [6.07, 6.45) is 0.140. The number of benzene rings is 2. The molecule has 154 valence electrons. The van der Waals surface area contributed by atoms with Crippen molar-refractivity contribution in [1.82, 2.24) is 0 Å². The predicted molar refractivity (Wildman–Crippen MR) is 110 cm³/mol. The van der Waals surface area contributed by atoms with E-state index in [0.29, 0.717) is 5.56 Å². The van der Waals surface area contributed by atoms with Crippen molar-refractivity contribution in [3.63, 3.8) is 0 Å². The molecule has 0 radical (unpaired) electrons. The van der Waals surface area contributed by atoms with Crippen LogP contribution in [-0.2, 0) is 19.1 Å². The average molecular weight is 396 g/mol. The molecule has 2 aromatic carbocycles. The van der Waals surface area contributed by atoms with Gasteiger partial charge in [-0.15, -0.1) is 0 Å². The van der Waals surface area contributed by atoms with E-state index in [0.717, 1.165) is 5.56 Å². The molecule has 0 aromatic heterocycles. The Kier molecular flexibility index (Phi) is 8.59. The number of rotatable bonds is 10. The summed E-state index contributed by atoms with van der Waals surface area (Å²) in [6, 6.07) is 18.5. The number of ketones is 1. The number of carbonyl (C=O) groups excluding carboxylic acids is 3. The van der Waals surface area contributed by atoms with E-state index in [4.69, 9.17) is 9.47 Å². The Hall–Kier alpha value is -2.95. The third-order valence-corrected chi connectivity index (χ3v) is 4.94. The molecule has 0 spiro atoms. The molecule has 5 heteroatoms. The van der Waals surface area contributed by atoms with Crippen molar-refractivity contribution in [3.05, 3.63) is 71.8 Å². The van der Waals surface area contributed by atoms with Crippen LogP contribution in [0.2, 0.25) is 0 Å². The van der Waals surface area contributed by atoms with Gasteiger partial charge in [-0.05, 0) is 31.7 Å². The molecular formula is C24H28O5. The van der Waals surface area contributed by atoms with E-state index in [-0.39, 0.29) is 31.3 Å². The van der Waals surface area contributed by atoms with Gasteiger partial charge in [0.25, 0.3) is 0 Å². The Bertz CT molecular complexity index is 783. The lowest BCUT2D eigenvalue weighted by molar-refractivity contribution is -0.162. The SMILES string of the molecule is CCOC(=O)C(CC(c1ccccc1)C(C)C(=O)c1ccccc1)C(=O)OCC. The van der Waals surface area contributed by atoms with Gasteiger partial charge in [0.2, 0.25) is 0 Å². The minimum atomic E-state index is -1.08. The van der Waals surface area contributed by atoms with E-state index in [1.54, 1.807) is 26.0 Å². The van der Waals surface area contributed by atoms with Crippen molar-refractivity contribution in [2.75, 3.05) is 13.2 Å². The van der Waals surface area contributed by atoms with E-state index >= 15 is 0 Å². The normalized spacial score (nSPS) is 12.8. The highest BCUT2D eigenvalue weighted by molar-refractivity contribution is 5.98. The lowest BCUT2D eigenvalue weighted by atomic mass is 9.77. The first-order valence-corrected chi connectivity index (χ1v) is 9.97. The van der Waals surface area contributed by atoms with Crippen molar-refractivity contribution in [3.8, 4) is 0 Å². The highest BCUT2D eigenvalue weighted by atomic mass is 16.6. The van der Waals surface area contributed by atoms with Gasteiger partial charge in [-0.25, -0.2) is 0 Å². The largest absolute Gasteiger partial charge is 0.465 e. The second kappa shape index (κ2) is 11.1. The smallest absolute Gasteiger partial charge is 0.320 e. The molecule has 5 nitrogen and oxygen atoms in total. The fourth-order valence-electron chi connectivity index (χ4n) is 3.41. The molecule has 0 aliphatic rings. The maximum absolute atomic E-state index is 13.1. The summed E-state index contributed by atoms with van der Waals surface area (Å²) in [5, 5.41) is 0. The van der Waals surface area contributed by atoms with Crippen molar-refractivity contribution < 1.29 is 23.9 Å². The molecule has 0 aliphatic heterocycles. The molecular weight excluding hydrogens is 368 g/mol. The summed E-state index contributed by atoms with van der Waals surface area (Å²) in [7, 11) is 0. The van der Waals surface area contributed by atoms with Gasteiger partial charge in [0.05, 0.1) is 13.2 Å². The van der Waals surface area contributed by atoms with Gasteiger partial charge in [0, 0.05) is 11.5 Å². The molecule has 0 fully saturated rings. The fraction of sp³-hybridized carbons (Fsp3) is 0.375. The second-order valence-corrected chi connectivity index (χ2v) is 6.83. The third kappa shape index (κ3) is 6.01. The van der Waals surface area contributed by atoms with Crippen LogP contribution in [0.1, 0.15) is 49.0 Å². The van der Waals surface area contributed by atoms with Crippen LogP contribution in [0.5, 0.6) is 0 Å². The molecule has 29 heavy (non-hydrogen) atoms. The van der Waals surface area contributed by atoms with Gasteiger partial charge >= 0.3 is 11.9 Å². The molecule has 0 saturated carbocycles. The van der Waals surface area contributed by atoms with Crippen LogP contribution < -0.4 is 0 Å². The molecule has 2 unspecified atom stereocenters. The molecule has 0 aliphatic carbocycles. The summed E-state index contributed by atoms with van der Waals surface area (Å²) in [4.78, 5) is 38.1. The van der Waals surface area contributed by atoms with Crippen molar-refractivity contribution >= 4 is 17.7 Å². The number of hydrogen-bond acceptors (Lipinski definition) is 5. The Morgan fingerprint density at radius 2 is 1.28 bits per heavy atom. The summed E-state index contributed by atoms with van der Waals surface area (Å²) in [5.74, 6) is -3.14. The fourth-order valence-corrected chi connectivity index (χ4v) is 3.41. The van der Waals surface area contributed by atoms with Gasteiger partial charge in [-0.2, -0.15) is 0 Å². The number of ether oxygens (including phenoxy) is 2. The van der Waals surface area contributed by atoms with Gasteiger partial charge in [-0.1, -0.05) is 67.6 Å². The first-order chi connectivity index (χ1) is 14.0. The Morgan fingerprint density at radius 1 is 0.793 bits per heavy atom. The summed E-state index contributed by atoms with van der Waals surface area (Å²) in [5.41, 5.74) is 1.49. The molecule has 0 amide bonds. The highest BCUT2D eigenvalue weighted by Crippen LogP contribution is 2.34. The summed E-state index contributed by atoms with van der Waals surface area (Å²) in [6.45, 7) is 5.56. The molecule has 0 saturated heterocycles. The molecule has 2 atom stereocenters. The van der Waals surface area contributed by atoms with Crippen molar-refractivity contribution in [1.29, 1.82) is 0 Å². The predicted octanol–water partition coefficient (Wildman–Crippen LogP) is 4.42. The van der Waals surface area contributed by atoms with Gasteiger partial charge in [-0.3, -0.25) is 14.4 Å². The molecule has 2 aromatic rings. The zero-order valence-corrected chi connectivity index (χ0v) is 17.2. The Morgan fingerprint density at radius 3 is 1.76 bits per heavy atom. The minimum Gasteiger partial charge on any atom is -0.465 e. The summed E-state index contributed by atoms with van der Waals surface area (Å²) >= 11 is 0. The van der Waals surface area contributed by atoms with E-state index in [1.807, 2.05) is 55.5 Å². The van der Waals surface area contributed by atoms with Crippen molar-refractivity contribution in [2.24, 2.45) is 11.8 Å². The zero-order valence-electron chi connectivity index (χ0n) is 17.2. The number of Topliss-reactive ketones (excluding diaryl/α,β-unsaturated/α-hetero) is 1.